The number of hydrogen-bond acceptors (Lipinski definition) is 5. The largest absolute Gasteiger partial charge is 0.496 e. The average molecular weight is 272 g/mol. The molecule has 0 aliphatic rings. The fourth-order valence-corrected chi connectivity index (χ4v) is 2.03. The van der Waals surface area contributed by atoms with Crippen LogP contribution in [0.25, 0.3) is 0 Å². The Bertz CT molecular complexity index is 585. The molecule has 1 aromatic heterocycles. The van der Waals surface area contributed by atoms with Gasteiger partial charge in [-0.25, -0.2) is 14.8 Å². The van der Waals surface area contributed by atoms with E-state index in [-0.39, 0.29) is 5.97 Å². The van der Waals surface area contributed by atoms with Crippen LogP contribution >= 0.6 is 0 Å². The summed E-state index contributed by atoms with van der Waals surface area (Å²) in [5.41, 5.74) is 2.39. The Balaban J connectivity index is 2.25. The van der Waals surface area contributed by atoms with Gasteiger partial charge in [0.1, 0.15) is 17.6 Å². The Morgan fingerprint density at radius 2 is 1.90 bits per heavy atom. The predicted octanol–water partition coefficient (Wildman–Crippen LogP) is 2.06. The topological polar surface area (TPSA) is 61.3 Å². The van der Waals surface area contributed by atoms with Crippen LogP contribution in [0.3, 0.4) is 0 Å². The van der Waals surface area contributed by atoms with Gasteiger partial charge >= 0.3 is 5.97 Å². The minimum Gasteiger partial charge on any atom is -0.496 e. The predicted molar refractivity (Wildman–Crippen MR) is 73.8 cm³/mol. The number of ether oxygens (including phenoxy) is 2. The molecule has 0 unspecified atom stereocenters. The third kappa shape index (κ3) is 3.12. The molecule has 0 spiro atoms. The van der Waals surface area contributed by atoms with E-state index in [9.17, 15) is 4.79 Å². The lowest BCUT2D eigenvalue weighted by Gasteiger charge is -2.12. The zero-order valence-electron chi connectivity index (χ0n) is 11.5. The molecule has 2 rings (SSSR count). The van der Waals surface area contributed by atoms with Gasteiger partial charge in [0.25, 0.3) is 0 Å². The molecule has 0 bridgehead atoms. The normalized spacial score (nSPS) is 10.1. The number of rotatable bonds is 5. The molecule has 2 aromatic rings. The first-order valence-electron chi connectivity index (χ1n) is 6.24. The minimum atomic E-state index is -0.387. The van der Waals surface area contributed by atoms with E-state index >= 15 is 0 Å². The number of carbonyl (C=O) groups is 1. The smallest absolute Gasteiger partial charge is 0.341 e. The second kappa shape index (κ2) is 6.65. The van der Waals surface area contributed by atoms with Gasteiger partial charge in [0.2, 0.25) is 0 Å². The lowest BCUT2D eigenvalue weighted by atomic mass is 10.00. The maximum Gasteiger partial charge on any atom is 0.341 e. The van der Waals surface area contributed by atoms with Crippen molar-refractivity contribution in [2.24, 2.45) is 0 Å². The molecule has 0 saturated carbocycles. The number of aromatic nitrogens is 2. The van der Waals surface area contributed by atoms with Gasteiger partial charge in [-0.1, -0.05) is 12.1 Å². The molecule has 1 heterocycles. The van der Waals surface area contributed by atoms with E-state index in [4.69, 9.17) is 9.47 Å². The van der Waals surface area contributed by atoms with Crippen molar-refractivity contribution >= 4 is 5.97 Å². The summed E-state index contributed by atoms with van der Waals surface area (Å²) in [6, 6.07) is 5.52. The molecular formula is C15H16N2O3. The highest BCUT2D eigenvalue weighted by Gasteiger charge is 2.17. The van der Waals surface area contributed by atoms with Gasteiger partial charge in [0, 0.05) is 12.4 Å². The highest BCUT2D eigenvalue weighted by molar-refractivity contribution is 5.94. The highest BCUT2D eigenvalue weighted by Crippen LogP contribution is 2.24. The van der Waals surface area contributed by atoms with Gasteiger partial charge < -0.3 is 9.47 Å². The Hall–Kier alpha value is -2.43. The van der Waals surface area contributed by atoms with E-state index in [2.05, 4.69) is 9.97 Å². The van der Waals surface area contributed by atoms with Crippen LogP contribution in [0.5, 0.6) is 5.75 Å². The third-order valence-electron chi connectivity index (χ3n) is 3.02. The van der Waals surface area contributed by atoms with Crippen molar-refractivity contribution in [1.29, 1.82) is 0 Å². The lowest BCUT2D eigenvalue weighted by Crippen LogP contribution is -2.09. The Kier molecular flexibility index (Phi) is 4.65. The van der Waals surface area contributed by atoms with Crippen molar-refractivity contribution in [2.45, 2.75) is 12.8 Å². The van der Waals surface area contributed by atoms with Crippen LogP contribution in [0, 0.1) is 0 Å². The maximum absolute atomic E-state index is 11.9. The number of esters is 1. The molecule has 0 fully saturated rings. The quantitative estimate of drug-likeness (QED) is 0.780. The van der Waals surface area contributed by atoms with E-state index in [0.717, 1.165) is 17.5 Å². The number of methoxy groups -OCH3 is 2. The van der Waals surface area contributed by atoms with Gasteiger partial charge in [0.05, 0.1) is 14.2 Å². The van der Waals surface area contributed by atoms with Gasteiger partial charge in [-0.15, -0.1) is 0 Å². The summed E-state index contributed by atoms with van der Waals surface area (Å²) in [6.45, 7) is 0. The third-order valence-corrected chi connectivity index (χ3v) is 3.02. The average Bonchev–Trinajstić information content (AvgIpc) is 2.52. The second-order valence-corrected chi connectivity index (χ2v) is 4.23. The zero-order valence-corrected chi connectivity index (χ0v) is 11.5. The summed E-state index contributed by atoms with van der Waals surface area (Å²) >= 11 is 0. The molecule has 104 valence electrons. The van der Waals surface area contributed by atoms with Crippen LogP contribution in [0.2, 0.25) is 0 Å². The molecule has 0 amide bonds. The molecule has 0 radical (unpaired) electrons. The van der Waals surface area contributed by atoms with Crippen LogP contribution in [0.4, 0.5) is 0 Å². The van der Waals surface area contributed by atoms with Crippen LogP contribution in [-0.4, -0.2) is 30.2 Å². The fraction of sp³-hybridized carbons (Fsp3) is 0.267. The Labute approximate surface area is 117 Å². The molecule has 5 nitrogen and oxygen atoms in total. The molecule has 0 atom stereocenters. The molecule has 0 aliphatic heterocycles. The Morgan fingerprint density at radius 3 is 2.55 bits per heavy atom. The van der Waals surface area contributed by atoms with E-state index in [1.807, 2.05) is 12.1 Å². The maximum atomic E-state index is 11.9. The monoisotopic (exact) mass is 272 g/mol. The Morgan fingerprint density at radius 1 is 1.15 bits per heavy atom. The minimum absolute atomic E-state index is 0.387. The van der Waals surface area contributed by atoms with Gasteiger partial charge in [-0.2, -0.15) is 0 Å². The molecule has 0 N–H and O–H groups in total. The standard InChI is InChI=1S/C15H16N2O3/c1-19-13-5-3-4-12(14(13)15(18)20-2)7-6-11-8-16-10-17-9-11/h3-5,8-10H,6-7H2,1-2H3. The molecule has 1 aromatic carbocycles. The van der Waals surface area contributed by atoms with Crippen molar-refractivity contribution in [3.63, 3.8) is 0 Å². The second-order valence-electron chi connectivity index (χ2n) is 4.23. The molecule has 0 saturated heterocycles. The molecule has 20 heavy (non-hydrogen) atoms. The first-order valence-corrected chi connectivity index (χ1v) is 6.24. The summed E-state index contributed by atoms with van der Waals surface area (Å²) in [6.07, 6.45) is 6.47. The van der Waals surface area contributed by atoms with Crippen molar-refractivity contribution < 1.29 is 14.3 Å². The number of benzene rings is 1. The molecular weight excluding hydrogens is 256 g/mol. The van der Waals surface area contributed by atoms with Crippen LogP contribution < -0.4 is 4.74 Å². The van der Waals surface area contributed by atoms with E-state index in [1.165, 1.54) is 20.5 Å². The first kappa shape index (κ1) is 14.0. The van der Waals surface area contributed by atoms with Crippen molar-refractivity contribution in [2.75, 3.05) is 14.2 Å². The summed E-state index contributed by atoms with van der Waals surface area (Å²) < 4.78 is 10.1. The van der Waals surface area contributed by atoms with Crippen molar-refractivity contribution in [1.82, 2.24) is 9.97 Å². The van der Waals surface area contributed by atoms with Crippen LogP contribution in [0.1, 0.15) is 21.5 Å². The summed E-state index contributed by atoms with van der Waals surface area (Å²) in [7, 11) is 2.90. The summed E-state index contributed by atoms with van der Waals surface area (Å²) in [4.78, 5) is 19.9. The summed E-state index contributed by atoms with van der Waals surface area (Å²) in [5, 5.41) is 0. The SMILES string of the molecule is COC(=O)c1c(CCc2cncnc2)cccc1OC. The van der Waals surface area contributed by atoms with Crippen LogP contribution in [0.15, 0.2) is 36.9 Å². The number of carbonyl (C=O) groups excluding carboxylic acids is 1. The van der Waals surface area contributed by atoms with Gasteiger partial charge in [-0.05, 0) is 30.0 Å². The van der Waals surface area contributed by atoms with E-state index in [1.54, 1.807) is 18.5 Å². The molecule has 0 aliphatic carbocycles. The van der Waals surface area contributed by atoms with E-state index < -0.39 is 0 Å². The van der Waals surface area contributed by atoms with Crippen molar-refractivity contribution in [3.05, 3.63) is 53.6 Å². The number of nitrogens with zero attached hydrogens (tertiary/aromatic N) is 2. The fourth-order valence-electron chi connectivity index (χ4n) is 2.03. The molecule has 5 heteroatoms. The van der Waals surface area contributed by atoms with Crippen LogP contribution in [-0.2, 0) is 17.6 Å². The van der Waals surface area contributed by atoms with E-state index in [0.29, 0.717) is 17.7 Å². The number of hydrogen-bond donors (Lipinski definition) is 0. The lowest BCUT2D eigenvalue weighted by molar-refractivity contribution is 0.0596. The zero-order chi connectivity index (χ0) is 14.4. The first-order chi connectivity index (χ1) is 9.76. The van der Waals surface area contributed by atoms with Crippen molar-refractivity contribution in [3.8, 4) is 5.75 Å². The van der Waals surface area contributed by atoms with Gasteiger partial charge in [0.15, 0.2) is 0 Å². The van der Waals surface area contributed by atoms with Gasteiger partial charge in [-0.3, -0.25) is 0 Å². The number of aryl methyl sites for hydroxylation is 2. The summed E-state index contributed by atoms with van der Waals surface area (Å²) in [5.74, 6) is 0.139. The highest BCUT2D eigenvalue weighted by atomic mass is 16.5.